The molecule has 5 rings (SSSR count). The van der Waals surface area contributed by atoms with Gasteiger partial charge in [0.1, 0.15) is 5.75 Å². The molecule has 0 bridgehead atoms. The third kappa shape index (κ3) is 7.20. The molecule has 3 heterocycles. The van der Waals surface area contributed by atoms with E-state index < -0.39 is 0 Å². The van der Waals surface area contributed by atoms with Gasteiger partial charge >= 0.3 is 0 Å². The molecule has 1 amide bonds. The first-order valence-corrected chi connectivity index (χ1v) is 13.9. The molecule has 5 aromatic rings. The van der Waals surface area contributed by atoms with Crippen molar-refractivity contribution in [3.63, 3.8) is 0 Å². The summed E-state index contributed by atoms with van der Waals surface area (Å²) in [6.45, 7) is 3.38. The van der Waals surface area contributed by atoms with Crippen LogP contribution in [-0.2, 0) is 6.54 Å². The Morgan fingerprint density at radius 3 is 2.77 bits per heavy atom. The number of nitrogens with one attached hydrogen (secondary N) is 2. The number of hydrogen-bond donors (Lipinski definition) is 2. The number of anilines is 3. The Balaban J connectivity index is 1.25. The van der Waals surface area contributed by atoms with Crippen molar-refractivity contribution in [2.24, 2.45) is 0 Å². The number of unbranched alkanes of at least 4 members (excludes halogenated alkanes) is 1. The Labute approximate surface area is 246 Å². The second-order valence-electron chi connectivity index (χ2n) is 9.11. The summed E-state index contributed by atoms with van der Waals surface area (Å²) in [5.41, 5.74) is 4.58. The molecule has 0 saturated carbocycles. The average Bonchev–Trinajstić information content (AvgIpc) is 3.49. The zero-order valence-corrected chi connectivity index (χ0v) is 24.1. The van der Waals surface area contributed by atoms with E-state index in [1.807, 2.05) is 72.3 Å². The number of halogens is 1. The third-order valence-corrected chi connectivity index (χ3v) is 6.84. The first kappa shape index (κ1) is 27.3. The topological polar surface area (TPSA) is 107 Å². The molecule has 0 spiro atoms. The van der Waals surface area contributed by atoms with Gasteiger partial charge in [0.2, 0.25) is 5.95 Å². The van der Waals surface area contributed by atoms with Gasteiger partial charge < -0.3 is 19.9 Å². The van der Waals surface area contributed by atoms with E-state index in [4.69, 9.17) is 4.74 Å². The van der Waals surface area contributed by atoms with Crippen molar-refractivity contribution >= 4 is 45.8 Å². The maximum absolute atomic E-state index is 13.3. The minimum atomic E-state index is -0.239. The van der Waals surface area contributed by atoms with Gasteiger partial charge in [-0.15, -0.1) is 0 Å². The number of hydrogen-bond acceptors (Lipinski definition) is 7. The number of rotatable bonds is 11. The highest BCUT2D eigenvalue weighted by Crippen LogP contribution is 2.27. The zero-order chi connectivity index (χ0) is 27.7. The summed E-state index contributed by atoms with van der Waals surface area (Å²) in [5.74, 6) is 0.775. The van der Waals surface area contributed by atoms with Gasteiger partial charge in [-0.2, -0.15) is 0 Å². The van der Waals surface area contributed by atoms with Crippen LogP contribution in [0.3, 0.4) is 0 Å². The van der Waals surface area contributed by atoms with Crippen molar-refractivity contribution in [3.05, 3.63) is 107 Å². The molecule has 3 aromatic heterocycles. The summed E-state index contributed by atoms with van der Waals surface area (Å²) in [5, 5.41) is 6.30. The lowest BCUT2D eigenvalue weighted by Crippen LogP contribution is -2.14. The van der Waals surface area contributed by atoms with Crippen LogP contribution in [0.1, 0.15) is 28.8 Å². The van der Waals surface area contributed by atoms with Gasteiger partial charge in [0.15, 0.2) is 0 Å². The van der Waals surface area contributed by atoms with Crippen LogP contribution in [0.15, 0.2) is 91.9 Å². The molecule has 2 N–H and O–H groups in total. The Bertz CT molecular complexity index is 1580. The fourth-order valence-corrected chi connectivity index (χ4v) is 4.54. The summed E-state index contributed by atoms with van der Waals surface area (Å²) in [4.78, 5) is 30.5. The Kier molecular flexibility index (Phi) is 8.96. The van der Waals surface area contributed by atoms with Crippen LogP contribution < -0.4 is 15.4 Å². The van der Waals surface area contributed by atoms with Crippen LogP contribution in [0.4, 0.5) is 17.3 Å². The summed E-state index contributed by atoms with van der Waals surface area (Å²) in [7, 11) is 0. The van der Waals surface area contributed by atoms with Gasteiger partial charge in [0.25, 0.3) is 5.91 Å². The molecule has 0 atom stereocenters. The van der Waals surface area contributed by atoms with Gasteiger partial charge in [-0.05, 0) is 96.5 Å². The van der Waals surface area contributed by atoms with Crippen LogP contribution >= 0.6 is 22.6 Å². The lowest BCUT2D eigenvalue weighted by atomic mass is 10.1. The lowest BCUT2D eigenvalue weighted by molar-refractivity contribution is 0.102. The molecular weight excluding hydrogens is 617 g/mol. The van der Waals surface area contributed by atoms with Gasteiger partial charge in [-0.1, -0.05) is 6.07 Å². The fraction of sp³-hybridized carbons (Fsp3) is 0.167. The van der Waals surface area contributed by atoms with Gasteiger partial charge in [0, 0.05) is 58.0 Å². The van der Waals surface area contributed by atoms with Crippen LogP contribution in [0.5, 0.6) is 5.75 Å². The van der Waals surface area contributed by atoms with Crippen molar-refractivity contribution in [1.82, 2.24) is 24.5 Å². The number of pyridine rings is 1. The number of aromatic nitrogens is 5. The van der Waals surface area contributed by atoms with E-state index in [1.54, 1.807) is 31.1 Å². The zero-order valence-electron chi connectivity index (χ0n) is 21.9. The molecular formula is C30H28IN7O2. The first-order valence-electron chi connectivity index (χ1n) is 12.9. The standard InChI is InChI=1S/C30H28IN7O2/c1-21-6-8-24(18-27(21)37-30-34-12-10-26(36-30)22-5-4-11-32-19-22)35-29(39)25-17-23(31)7-9-28(25)40-16-3-2-14-38-15-13-33-20-38/h4-13,15,17-20H,2-3,14,16H2,1H3,(H,35,39)(H,34,36,37). The lowest BCUT2D eigenvalue weighted by Gasteiger charge is -2.14. The fourth-order valence-electron chi connectivity index (χ4n) is 4.05. The summed E-state index contributed by atoms with van der Waals surface area (Å²) >= 11 is 2.20. The molecule has 0 unspecified atom stereocenters. The molecule has 0 radical (unpaired) electrons. The van der Waals surface area contributed by atoms with Crippen molar-refractivity contribution in [3.8, 4) is 17.0 Å². The van der Waals surface area contributed by atoms with E-state index >= 15 is 0 Å². The molecule has 2 aromatic carbocycles. The second kappa shape index (κ2) is 13.2. The Hall–Kier alpha value is -4.32. The monoisotopic (exact) mass is 645 g/mol. The van der Waals surface area contributed by atoms with Gasteiger partial charge in [-0.25, -0.2) is 15.0 Å². The van der Waals surface area contributed by atoms with Crippen LogP contribution in [0.2, 0.25) is 0 Å². The number of imidazole rings is 1. The second-order valence-corrected chi connectivity index (χ2v) is 10.4. The van der Waals surface area contributed by atoms with E-state index in [9.17, 15) is 4.79 Å². The number of carbonyl (C=O) groups is 1. The molecule has 40 heavy (non-hydrogen) atoms. The van der Waals surface area contributed by atoms with E-state index in [0.717, 1.165) is 45.5 Å². The Morgan fingerprint density at radius 2 is 1.95 bits per heavy atom. The summed E-state index contributed by atoms with van der Waals surface area (Å²) in [6, 6.07) is 17.0. The minimum Gasteiger partial charge on any atom is -0.493 e. The number of carbonyl (C=O) groups excluding carboxylic acids is 1. The minimum absolute atomic E-state index is 0.239. The smallest absolute Gasteiger partial charge is 0.259 e. The molecule has 10 heteroatoms. The third-order valence-electron chi connectivity index (χ3n) is 6.17. The van der Waals surface area contributed by atoms with E-state index in [1.165, 1.54) is 0 Å². The van der Waals surface area contributed by atoms with Crippen molar-refractivity contribution in [1.29, 1.82) is 0 Å². The van der Waals surface area contributed by atoms with Crippen molar-refractivity contribution in [2.45, 2.75) is 26.3 Å². The first-order chi connectivity index (χ1) is 19.5. The SMILES string of the molecule is Cc1ccc(NC(=O)c2cc(I)ccc2OCCCCn2ccnc2)cc1Nc1nccc(-c2cccnc2)n1. The maximum atomic E-state index is 13.3. The molecule has 9 nitrogen and oxygen atoms in total. The van der Waals surface area contributed by atoms with Crippen molar-refractivity contribution < 1.29 is 9.53 Å². The summed E-state index contributed by atoms with van der Waals surface area (Å²) in [6.07, 6.45) is 12.5. The number of benzene rings is 2. The molecule has 0 saturated heterocycles. The number of ether oxygens (including phenoxy) is 1. The molecule has 0 aliphatic heterocycles. The van der Waals surface area contributed by atoms with E-state index in [-0.39, 0.29) is 5.91 Å². The quantitative estimate of drug-likeness (QED) is 0.125. The van der Waals surface area contributed by atoms with Gasteiger partial charge in [0.05, 0.1) is 24.2 Å². The Morgan fingerprint density at radius 1 is 1.02 bits per heavy atom. The number of aryl methyl sites for hydroxylation is 2. The van der Waals surface area contributed by atoms with Crippen molar-refractivity contribution in [2.75, 3.05) is 17.2 Å². The maximum Gasteiger partial charge on any atom is 0.259 e. The number of nitrogens with zero attached hydrogens (tertiary/aromatic N) is 5. The summed E-state index contributed by atoms with van der Waals surface area (Å²) < 4.78 is 9.01. The highest BCUT2D eigenvalue weighted by atomic mass is 127. The van der Waals surface area contributed by atoms with Gasteiger partial charge in [-0.3, -0.25) is 9.78 Å². The van der Waals surface area contributed by atoms with Crippen LogP contribution in [0, 0.1) is 10.5 Å². The average molecular weight is 646 g/mol. The van der Waals surface area contributed by atoms with E-state index in [0.29, 0.717) is 29.6 Å². The largest absolute Gasteiger partial charge is 0.493 e. The van der Waals surface area contributed by atoms with Crippen LogP contribution in [-0.4, -0.2) is 37.0 Å². The molecule has 0 aliphatic carbocycles. The highest BCUT2D eigenvalue weighted by Gasteiger charge is 2.15. The predicted octanol–water partition coefficient (Wildman–Crippen LogP) is 6.50. The van der Waals surface area contributed by atoms with Crippen LogP contribution in [0.25, 0.3) is 11.3 Å². The normalized spacial score (nSPS) is 10.8. The molecule has 0 fully saturated rings. The molecule has 0 aliphatic rings. The van der Waals surface area contributed by atoms with E-state index in [2.05, 4.69) is 53.2 Å². The number of amides is 1. The molecule has 202 valence electrons. The predicted molar refractivity (Wildman–Crippen MR) is 164 cm³/mol. The highest BCUT2D eigenvalue weighted by molar-refractivity contribution is 14.1.